The van der Waals surface area contributed by atoms with Crippen LogP contribution in [-0.2, 0) is 13.1 Å². The highest BCUT2D eigenvalue weighted by Crippen LogP contribution is 2.21. The van der Waals surface area contributed by atoms with Crippen LogP contribution >= 0.6 is 27.3 Å². The number of thiazole rings is 1. The first-order chi connectivity index (χ1) is 8.58. The standard InChI is InChI=1S/C12H11BrF2N2S/c1-7-17-8(6-18-7)4-16-5-9-11(14)3-2-10(13)12(9)15/h2-3,6,16H,4-5H2,1H3. The second-order valence-electron chi connectivity index (χ2n) is 3.78. The normalized spacial score (nSPS) is 10.9. The molecule has 0 radical (unpaired) electrons. The number of halogens is 3. The van der Waals surface area contributed by atoms with Gasteiger partial charge in [0.2, 0.25) is 0 Å². The van der Waals surface area contributed by atoms with E-state index in [4.69, 9.17) is 0 Å². The average Bonchev–Trinajstić information content (AvgIpc) is 2.74. The number of hydrogen-bond donors (Lipinski definition) is 1. The van der Waals surface area contributed by atoms with Gasteiger partial charge in [-0.25, -0.2) is 13.8 Å². The van der Waals surface area contributed by atoms with Gasteiger partial charge in [0.25, 0.3) is 0 Å². The first kappa shape index (κ1) is 13.6. The molecule has 2 nitrogen and oxygen atoms in total. The molecule has 0 saturated heterocycles. The van der Waals surface area contributed by atoms with E-state index in [2.05, 4.69) is 26.2 Å². The van der Waals surface area contributed by atoms with Gasteiger partial charge in [-0.2, -0.15) is 0 Å². The van der Waals surface area contributed by atoms with Gasteiger partial charge in [0.15, 0.2) is 0 Å². The minimum Gasteiger partial charge on any atom is -0.307 e. The van der Waals surface area contributed by atoms with Crippen molar-refractivity contribution in [2.45, 2.75) is 20.0 Å². The third-order valence-electron chi connectivity index (χ3n) is 2.41. The van der Waals surface area contributed by atoms with E-state index >= 15 is 0 Å². The molecule has 1 aromatic heterocycles. The number of hydrogen-bond acceptors (Lipinski definition) is 3. The SMILES string of the molecule is Cc1nc(CNCc2c(F)ccc(Br)c2F)cs1. The Morgan fingerprint density at radius 3 is 2.78 bits per heavy atom. The molecule has 18 heavy (non-hydrogen) atoms. The minimum atomic E-state index is -0.558. The molecule has 0 aliphatic rings. The maximum absolute atomic E-state index is 13.7. The Morgan fingerprint density at radius 2 is 2.11 bits per heavy atom. The predicted octanol–water partition coefficient (Wildman–Crippen LogP) is 3.78. The number of aryl methyl sites for hydroxylation is 1. The van der Waals surface area contributed by atoms with Crippen LogP contribution in [0.2, 0.25) is 0 Å². The van der Waals surface area contributed by atoms with Gasteiger partial charge in [-0.15, -0.1) is 11.3 Å². The molecule has 0 aliphatic heterocycles. The molecule has 0 bridgehead atoms. The van der Waals surface area contributed by atoms with E-state index in [0.29, 0.717) is 6.54 Å². The van der Waals surface area contributed by atoms with Gasteiger partial charge in [-0.1, -0.05) is 0 Å². The van der Waals surface area contributed by atoms with Crippen molar-refractivity contribution in [3.8, 4) is 0 Å². The summed E-state index contributed by atoms with van der Waals surface area (Å²) in [5.74, 6) is -1.10. The summed E-state index contributed by atoms with van der Waals surface area (Å²) in [6.45, 7) is 2.55. The molecule has 0 unspecified atom stereocenters. The Hall–Kier alpha value is -0.850. The van der Waals surface area contributed by atoms with Gasteiger partial charge in [0.1, 0.15) is 11.6 Å². The van der Waals surface area contributed by atoms with Gasteiger partial charge < -0.3 is 5.32 Å². The summed E-state index contributed by atoms with van der Waals surface area (Å²) in [5, 5.41) is 5.89. The van der Waals surface area contributed by atoms with E-state index in [9.17, 15) is 8.78 Å². The number of nitrogens with one attached hydrogen (secondary N) is 1. The van der Waals surface area contributed by atoms with Crippen molar-refractivity contribution in [2.24, 2.45) is 0 Å². The van der Waals surface area contributed by atoms with Crippen LogP contribution in [-0.4, -0.2) is 4.98 Å². The number of rotatable bonds is 4. The Bertz CT molecular complexity index is 557. The fourth-order valence-corrected chi connectivity index (χ4v) is 2.52. The van der Waals surface area contributed by atoms with Crippen LogP contribution in [0.25, 0.3) is 0 Å². The molecule has 0 fully saturated rings. The van der Waals surface area contributed by atoms with Crippen LogP contribution in [0.4, 0.5) is 8.78 Å². The lowest BCUT2D eigenvalue weighted by atomic mass is 10.2. The molecule has 6 heteroatoms. The van der Waals surface area contributed by atoms with E-state index in [1.54, 1.807) is 11.3 Å². The quantitative estimate of drug-likeness (QED) is 0.862. The second kappa shape index (κ2) is 5.86. The summed E-state index contributed by atoms with van der Waals surface area (Å²) in [6, 6.07) is 2.61. The van der Waals surface area contributed by atoms with Crippen molar-refractivity contribution < 1.29 is 8.78 Å². The summed E-state index contributed by atoms with van der Waals surface area (Å²) < 4.78 is 27.4. The lowest BCUT2D eigenvalue weighted by Crippen LogP contribution is -2.15. The highest BCUT2D eigenvalue weighted by Gasteiger charge is 2.11. The monoisotopic (exact) mass is 332 g/mol. The summed E-state index contributed by atoms with van der Waals surface area (Å²) in [4.78, 5) is 4.26. The average molecular weight is 333 g/mol. The molecule has 0 aliphatic carbocycles. The molecule has 96 valence electrons. The third-order valence-corrected chi connectivity index (χ3v) is 3.85. The molecule has 1 heterocycles. The van der Waals surface area contributed by atoms with Crippen LogP contribution in [0.1, 0.15) is 16.3 Å². The van der Waals surface area contributed by atoms with Crippen molar-refractivity contribution >= 4 is 27.3 Å². The molecule has 0 amide bonds. The number of nitrogens with zero attached hydrogens (tertiary/aromatic N) is 1. The van der Waals surface area contributed by atoms with E-state index in [1.165, 1.54) is 12.1 Å². The summed E-state index contributed by atoms with van der Waals surface area (Å²) in [5.41, 5.74) is 0.921. The topological polar surface area (TPSA) is 24.9 Å². The first-order valence-corrected chi connectivity index (χ1v) is 6.99. The highest BCUT2D eigenvalue weighted by molar-refractivity contribution is 9.10. The van der Waals surface area contributed by atoms with E-state index in [-0.39, 0.29) is 16.6 Å². The van der Waals surface area contributed by atoms with Crippen LogP contribution in [0.5, 0.6) is 0 Å². The summed E-state index contributed by atoms with van der Waals surface area (Å²) in [6.07, 6.45) is 0. The van der Waals surface area contributed by atoms with Crippen LogP contribution < -0.4 is 5.32 Å². The van der Waals surface area contributed by atoms with Crippen LogP contribution in [0.3, 0.4) is 0 Å². The third kappa shape index (κ3) is 3.13. The first-order valence-electron chi connectivity index (χ1n) is 5.32. The zero-order valence-corrected chi connectivity index (χ0v) is 12.0. The van der Waals surface area contributed by atoms with Crippen molar-refractivity contribution in [2.75, 3.05) is 0 Å². The summed E-state index contributed by atoms with van der Waals surface area (Å²) in [7, 11) is 0. The molecular weight excluding hydrogens is 322 g/mol. The molecule has 0 saturated carbocycles. The van der Waals surface area contributed by atoms with Crippen molar-refractivity contribution in [1.29, 1.82) is 0 Å². The van der Waals surface area contributed by atoms with E-state index in [1.807, 2.05) is 12.3 Å². The smallest absolute Gasteiger partial charge is 0.144 e. The molecule has 0 spiro atoms. The van der Waals surface area contributed by atoms with Gasteiger partial charge >= 0.3 is 0 Å². The molecule has 2 aromatic rings. The molecule has 1 N–H and O–H groups in total. The Labute approximate surface area is 116 Å². The lowest BCUT2D eigenvalue weighted by molar-refractivity contribution is 0.530. The molecular formula is C12H11BrF2N2S. The Morgan fingerprint density at radius 1 is 1.33 bits per heavy atom. The molecule has 1 aromatic carbocycles. The van der Waals surface area contributed by atoms with Crippen molar-refractivity contribution in [1.82, 2.24) is 10.3 Å². The van der Waals surface area contributed by atoms with E-state index in [0.717, 1.165) is 10.7 Å². The molecule has 0 atom stereocenters. The lowest BCUT2D eigenvalue weighted by Gasteiger charge is -2.07. The summed E-state index contributed by atoms with van der Waals surface area (Å²) >= 11 is 4.59. The largest absolute Gasteiger partial charge is 0.307 e. The molecule has 2 rings (SSSR count). The maximum Gasteiger partial charge on any atom is 0.144 e. The Kier molecular flexibility index (Phi) is 4.42. The van der Waals surface area contributed by atoms with Crippen LogP contribution in [0.15, 0.2) is 22.0 Å². The minimum absolute atomic E-state index is 0.0383. The van der Waals surface area contributed by atoms with E-state index < -0.39 is 11.6 Å². The second-order valence-corrected chi connectivity index (χ2v) is 5.70. The van der Waals surface area contributed by atoms with Gasteiger partial charge in [0, 0.05) is 24.0 Å². The predicted molar refractivity (Wildman–Crippen MR) is 71.5 cm³/mol. The van der Waals surface area contributed by atoms with Gasteiger partial charge in [-0.05, 0) is 35.0 Å². The Balaban J connectivity index is 2.00. The zero-order valence-electron chi connectivity index (χ0n) is 9.64. The maximum atomic E-state index is 13.7. The van der Waals surface area contributed by atoms with Crippen LogP contribution in [0, 0.1) is 18.6 Å². The fraction of sp³-hybridized carbons (Fsp3) is 0.250. The number of aromatic nitrogens is 1. The van der Waals surface area contributed by atoms with Gasteiger partial charge in [0.05, 0.1) is 15.2 Å². The zero-order chi connectivity index (χ0) is 13.1. The van der Waals surface area contributed by atoms with Crippen molar-refractivity contribution in [3.63, 3.8) is 0 Å². The highest BCUT2D eigenvalue weighted by atomic mass is 79.9. The van der Waals surface area contributed by atoms with Gasteiger partial charge in [-0.3, -0.25) is 0 Å². The number of benzene rings is 1. The van der Waals surface area contributed by atoms with Crippen molar-refractivity contribution in [3.05, 3.63) is 49.9 Å². The fourth-order valence-electron chi connectivity index (χ4n) is 1.54.